The Hall–Kier alpha value is -3.31. The number of carbonyl (C=O) groups is 1. The van der Waals surface area contributed by atoms with Crippen molar-refractivity contribution < 1.29 is 4.79 Å². The molecule has 1 amide bonds. The van der Waals surface area contributed by atoms with Crippen molar-refractivity contribution in [3.63, 3.8) is 0 Å². The Morgan fingerprint density at radius 3 is 2.11 bits per heavy atom. The summed E-state index contributed by atoms with van der Waals surface area (Å²) in [6.45, 7) is 5.02. The van der Waals surface area contributed by atoms with Crippen molar-refractivity contribution in [3.05, 3.63) is 91.0 Å². The van der Waals surface area contributed by atoms with Gasteiger partial charge in [0.2, 0.25) is 5.91 Å². The lowest BCUT2D eigenvalue weighted by molar-refractivity contribution is -0.125. The normalized spacial score (nSPS) is 11.8. The van der Waals surface area contributed by atoms with Crippen LogP contribution < -0.4 is 5.32 Å². The Balaban J connectivity index is 1.51. The van der Waals surface area contributed by atoms with E-state index in [0.717, 1.165) is 84.2 Å². The molecule has 0 saturated heterocycles. The summed E-state index contributed by atoms with van der Waals surface area (Å²) in [5.74, 6) is 1.30. The van der Waals surface area contributed by atoms with Crippen LogP contribution >= 0.6 is 11.8 Å². The monoisotopic (exact) mass is 525 g/mol. The first-order valence-electron chi connectivity index (χ1n) is 13.9. The average Bonchev–Trinajstić information content (AvgIpc) is 3.36. The fourth-order valence-corrected chi connectivity index (χ4v) is 5.70. The number of hydrogen-bond donors (Lipinski definition) is 1. The van der Waals surface area contributed by atoms with Crippen LogP contribution in [-0.4, -0.2) is 27.8 Å². The first-order valence-corrected chi connectivity index (χ1v) is 14.9. The number of para-hydroxylation sites is 1. The summed E-state index contributed by atoms with van der Waals surface area (Å²) in [4.78, 5) is 17.7. The summed E-state index contributed by atoms with van der Waals surface area (Å²) in [5, 5.41) is 4.16. The van der Waals surface area contributed by atoms with Crippen LogP contribution in [0.15, 0.2) is 96.2 Å². The second-order valence-electron chi connectivity index (χ2n) is 9.59. The molecule has 0 fully saturated rings. The molecular weight excluding hydrogens is 486 g/mol. The van der Waals surface area contributed by atoms with Gasteiger partial charge in [-0.25, -0.2) is 4.98 Å². The largest absolute Gasteiger partial charge is 0.356 e. The quantitative estimate of drug-likeness (QED) is 0.133. The minimum atomic E-state index is 0.149. The maximum absolute atomic E-state index is 12.5. The van der Waals surface area contributed by atoms with Gasteiger partial charge in [0, 0.05) is 35.0 Å². The predicted molar refractivity (Wildman–Crippen MR) is 161 cm³/mol. The van der Waals surface area contributed by atoms with E-state index in [4.69, 9.17) is 4.98 Å². The van der Waals surface area contributed by atoms with Crippen LogP contribution in [0.25, 0.3) is 28.2 Å². The molecule has 0 aliphatic carbocycles. The zero-order valence-corrected chi connectivity index (χ0v) is 23.4. The molecule has 0 radical (unpaired) electrons. The molecule has 4 rings (SSSR count). The Morgan fingerprint density at radius 2 is 1.47 bits per heavy atom. The second kappa shape index (κ2) is 14.6. The van der Waals surface area contributed by atoms with Gasteiger partial charge in [-0.1, -0.05) is 117 Å². The van der Waals surface area contributed by atoms with Gasteiger partial charge in [-0.2, -0.15) is 0 Å². The lowest BCUT2D eigenvalue weighted by Gasteiger charge is -2.14. The number of benzene rings is 3. The summed E-state index contributed by atoms with van der Waals surface area (Å²) < 4.78 is 2.30. The third-order valence-corrected chi connectivity index (χ3v) is 7.85. The van der Waals surface area contributed by atoms with Crippen molar-refractivity contribution in [1.82, 2.24) is 14.9 Å². The highest BCUT2D eigenvalue weighted by Crippen LogP contribution is 2.38. The van der Waals surface area contributed by atoms with E-state index >= 15 is 0 Å². The Bertz CT molecular complexity index is 1260. The Morgan fingerprint density at radius 1 is 0.842 bits per heavy atom. The SMILES string of the molecule is CCCCC(CC)C(=O)NCCCCSc1nc(-c2ccccc2)c(-c2ccccc2)n1-c1ccccc1. The molecule has 1 heterocycles. The maximum Gasteiger partial charge on any atom is 0.223 e. The van der Waals surface area contributed by atoms with Gasteiger partial charge in [0.25, 0.3) is 0 Å². The van der Waals surface area contributed by atoms with E-state index < -0.39 is 0 Å². The number of aromatic nitrogens is 2. The number of unbranched alkanes of at least 4 members (excludes halogenated alkanes) is 2. The molecule has 1 N–H and O–H groups in total. The molecule has 1 aromatic heterocycles. The van der Waals surface area contributed by atoms with Crippen LogP contribution in [0.5, 0.6) is 0 Å². The summed E-state index contributed by atoms with van der Waals surface area (Å²) in [6.07, 6.45) is 6.14. The summed E-state index contributed by atoms with van der Waals surface area (Å²) >= 11 is 1.79. The highest BCUT2D eigenvalue weighted by Gasteiger charge is 2.21. The van der Waals surface area contributed by atoms with Crippen LogP contribution in [0.4, 0.5) is 0 Å². The molecule has 3 aromatic carbocycles. The van der Waals surface area contributed by atoms with Gasteiger partial charge in [0.1, 0.15) is 0 Å². The first-order chi connectivity index (χ1) is 18.7. The fraction of sp³-hybridized carbons (Fsp3) is 0.333. The standard InChI is InChI=1S/C33H39N3OS/c1-3-5-17-26(4-2)32(37)34-24-15-16-25-38-33-35-30(27-18-9-6-10-19-27)31(28-20-11-7-12-21-28)36(33)29-22-13-8-14-23-29/h6-14,18-23,26H,3-5,15-17,24-25H2,1-2H3,(H,34,37). The van der Waals surface area contributed by atoms with E-state index in [2.05, 4.69) is 103 Å². The van der Waals surface area contributed by atoms with Gasteiger partial charge in [-0.15, -0.1) is 0 Å². The van der Waals surface area contributed by atoms with E-state index in [1.165, 1.54) is 0 Å². The number of rotatable bonds is 14. The van der Waals surface area contributed by atoms with E-state index in [-0.39, 0.29) is 11.8 Å². The highest BCUT2D eigenvalue weighted by atomic mass is 32.2. The minimum absolute atomic E-state index is 0.149. The van der Waals surface area contributed by atoms with E-state index in [1.54, 1.807) is 11.8 Å². The molecule has 0 spiro atoms. The Labute approximate surface area is 231 Å². The van der Waals surface area contributed by atoms with Crippen LogP contribution in [-0.2, 0) is 4.79 Å². The lowest BCUT2D eigenvalue weighted by Crippen LogP contribution is -2.31. The van der Waals surface area contributed by atoms with Gasteiger partial charge < -0.3 is 5.32 Å². The van der Waals surface area contributed by atoms with E-state index in [9.17, 15) is 4.79 Å². The second-order valence-corrected chi connectivity index (χ2v) is 10.7. The molecule has 4 aromatic rings. The van der Waals surface area contributed by atoms with Gasteiger partial charge >= 0.3 is 0 Å². The summed E-state index contributed by atoms with van der Waals surface area (Å²) in [6, 6.07) is 31.5. The highest BCUT2D eigenvalue weighted by molar-refractivity contribution is 7.99. The minimum Gasteiger partial charge on any atom is -0.356 e. The van der Waals surface area contributed by atoms with Crippen molar-refractivity contribution in [2.45, 2.75) is 57.5 Å². The molecule has 0 bridgehead atoms. The molecule has 1 unspecified atom stereocenters. The third-order valence-electron chi connectivity index (χ3n) is 6.83. The number of thioether (sulfide) groups is 1. The molecule has 1 atom stereocenters. The van der Waals surface area contributed by atoms with Crippen LogP contribution in [0, 0.1) is 5.92 Å². The molecule has 198 valence electrons. The van der Waals surface area contributed by atoms with E-state index in [1.807, 2.05) is 12.1 Å². The lowest BCUT2D eigenvalue weighted by atomic mass is 9.98. The van der Waals surface area contributed by atoms with Crippen molar-refractivity contribution in [2.75, 3.05) is 12.3 Å². The number of nitrogens with one attached hydrogen (secondary N) is 1. The zero-order chi connectivity index (χ0) is 26.6. The number of hydrogen-bond acceptors (Lipinski definition) is 3. The number of carbonyl (C=O) groups excluding carboxylic acids is 1. The molecule has 0 aliphatic rings. The van der Waals surface area contributed by atoms with Gasteiger partial charge in [0.15, 0.2) is 5.16 Å². The molecule has 38 heavy (non-hydrogen) atoms. The third kappa shape index (κ3) is 7.16. The predicted octanol–water partition coefficient (Wildman–Crippen LogP) is 8.41. The van der Waals surface area contributed by atoms with Crippen LogP contribution in [0.3, 0.4) is 0 Å². The number of amides is 1. The molecule has 0 aliphatic heterocycles. The van der Waals surface area contributed by atoms with Crippen LogP contribution in [0.1, 0.15) is 52.4 Å². The maximum atomic E-state index is 12.5. The smallest absolute Gasteiger partial charge is 0.223 e. The molecular formula is C33H39N3OS. The van der Waals surface area contributed by atoms with Crippen molar-refractivity contribution >= 4 is 17.7 Å². The average molecular weight is 526 g/mol. The van der Waals surface area contributed by atoms with Crippen molar-refractivity contribution in [1.29, 1.82) is 0 Å². The first kappa shape index (κ1) is 27.7. The molecule has 4 nitrogen and oxygen atoms in total. The summed E-state index contributed by atoms with van der Waals surface area (Å²) in [7, 11) is 0. The fourth-order valence-electron chi connectivity index (χ4n) is 4.69. The number of nitrogens with zero attached hydrogens (tertiary/aromatic N) is 2. The van der Waals surface area contributed by atoms with Crippen LogP contribution in [0.2, 0.25) is 0 Å². The summed E-state index contributed by atoms with van der Waals surface area (Å²) in [5.41, 5.74) is 5.46. The molecule has 5 heteroatoms. The number of imidazole rings is 1. The van der Waals surface area contributed by atoms with Crippen molar-refractivity contribution in [2.24, 2.45) is 5.92 Å². The van der Waals surface area contributed by atoms with Crippen molar-refractivity contribution in [3.8, 4) is 28.2 Å². The van der Waals surface area contributed by atoms with Gasteiger partial charge in [0.05, 0.1) is 11.4 Å². The zero-order valence-electron chi connectivity index (χ0n) is 22.6. The van der Waals surface area contributed by atoms with Gasteiger partial charge in [-0.3, -0.25) is 9.36 Å². The Kier molecular flexibility index (Phi) is 10.6. The molecule has 0 saturated carbocycles. The van der Waals surface area contributed by atoms with Gasteiger partial charge in [-0.05, 0) is 37.8 Å². The van der Waals surface area contributed by atoms with E-state index in [0.29, 0.717) is 0 Å². The topological polar surface area (TPSA) is 46.9 Å².